The predicted octanol–water partition coefficient (Wildman–Crippen LogP) is 5.01. The number of benzene rings is 2. The van der Waals surface area contributed by atoms with Crippen LogP contribution in [0.1, 0.15) is 60.7 Å². The van der Waals surface area contributed by atoms with Crippen LogP contribution in [-0.4, -0.2) is 80.7 Å². The molecule has 0 amide bonds. The number of hydrogen-bond donors (Lipinski definition) is 0. The zero-order chi connectivity index (χ0) is 26.7. The van der Waals surface area contributed by atoms with Gasteiger partial charge in [0.25, 0.3) is 5.92 Å². The SMILES string of the molecule is FC1(F)CCN(Cc2ccc(CC(c3nncn3Cc3ccccc3)N3CC[C@H](N4CCCC4)C3)cc2)CC1. The molecule has 0 saturated carbocycles. The molecule has 0 aliphatic carbocycles. The third-order valence-electron chi connectivity index (χ3n) is 8.88. The second kappa shape index (κ2) is 11.8. The Kier molecular flexibility index (Phi) is 8.04. The highest BCUT2D eigenvalue weighted by Gasteiger charge is 2.36. The van der Waals surface area contributed by atoms with Gasteiger partial charge in [0.05, 0.1) is 12.6 Å². The van der Waals surface area contributed by atoms with Crippen LogP contribution in [0.5, 0.6) is 0 Å². The Labute approximate surface area is 230 Å². The van der Waals surface area contributed by atoms with Gasteiger partial charge in [-0.1, -0.05) is 54.6 Å². The Morgan fingerprint density at radius 2 is 1.51 bits per heavy atom. The van der Waals surface area contributed by atoms with E-state index < -0.39 is 5.92 Å². The van der Waals surface area contributed by atoms with Crippen molar-refractivity contribution in [3.05, 3.63) is 83.4 Å². The standard InChI is InChI=1S/C31H40F2N6/c32-31(33)13-18-36(19-14-31)21-27-10-8-25(9-11-27)20-29(38-17-12-28(23-38)37-15-4-5-16-37)30-35-34-24-39(30)22-26-6-2-1-3-7-26/h1-3,6-11,24,28-29H,4-5,12-23H2/t28-,29?/m0/s1. The highest BCUT2D eigenvalue weighted by atomic mass is 19.3. The molecule has 208 valence electrons. The number of alkyl halides is 2. The molecule has 3 saturated heterocycles. The molecule has 3 aliphatic heterocycles. The molecular formula is C31H40F2N6. The first-order valence-corrected chi connectivity index (χ1v) is 14.6. The van der Waals surface area contributed by atoms with Crippen LogP contribution in [0.4, 0.5) is 8.78 Å². The number of rotatable bonds is 9. The second-order valence-electron chi connectivity index (χ2n) is 11.7. The van der Waals surface area contributed by atoms with Crippen LogP contribution in [0.3, 0.4) is 0 Å². The van der Waals surface area contributed by atoms with Crippen LogP contribution in [0.25, 0.3) is 0 Å². The number of hydrogen-bond acceptors (Lipinski definition) is 5. The van der Waals surface area contributed by atoms with Crippen LogP contribution < -0.4 is 0 Å². The van der Waals surface area contributed by atoms with Gasteiger partial charge in [-0.15, -0.1) is 10.2 Å². The molecule has 8 heteroatoms. The fourth-order valence-electron chi connectivity index (χ4n) is 6.56. The van der Waals surface area contributed by atoms with Crippen molar-refractivity contribution in [2.75, 3.05) is 39.3 Å². The van der Waals surface area contributed by atoms with Crippen molar-refractivity contribution in [2.45, 2.75) is 69.6 Å². The molecule has 0 spiro atoms. The highest BCUT2D eigenvalue weighted by Crippen LogP contribution is 2.31. The summed E-state index contributed by atoms with van der Waals surface area (Å²) in [7, 11) is 0. The molecule has 3 aliphatic rings. The second-order valence-corrected chi connectivity index (χ2v) is 11.7. The number of likely N-dealkylation sites (tertiary alicyclic amines) is 3. The Balaban J connectivity index is 1.18. The molecule has 0 bridgehead atoms. The quantitative estimate of drug-likeness (QED) is 0.386. The monoisotopic (exact) mass is 534 g/mol. The van der Waals surface area contributed by atoms with Crippen molar-refractivity contribution >= 4 is 0 Å². The lowest BCUT2D eigenvalue weighted by Crippen LogP contribution is -2.38. The fourth-order valence-corrected chi connectivity index (χ4v) is 6.56. The van der Waals surface area contributed by atoms with Gasteiger partial charge >= 0.3 is 0 Å². The lowest BCUT2D eigenvalue weighted by atomic mass is 10.0. The Morgan fingerprint density at radius 1 is 0.821 bits per heavy atom. The van der Waals surface area contributed by atoms with Gasteiger partial charge in [-0.05, 0) is 55.5 Å². The van der Waals surface area contributed by atoms with Gasteiger partial charge in [-0.3, -0.25) is 14.7 Å². The van der Waals surface area contributed by atoms with Crippen LogP contribution in [0.2, 0.25) is 0 Å². The third kappa shape index (κ3) is 6.56. The fraction of sp³-hybridized carbons (Fsp3) is 0.548. The van der Waals surface area contributed by atoms with E-state index in [1.807, 2.05) is 12.4 Å². The summed E-state index contributed by atoms with van der Waals surface area (Å²) in [6, 6.07) is 20.1. The van der Waals surface area contributed by atoms with Crippen molar-refractivity contribution in [2.24, 2.45) is 0 Å². The molecular weight excluding hydrogens is 494 g/mol. The Bertz CT molecular complexity index is 1180. The molecule has 1 unspecified atom stereocenters. The van der Waals surface area contributed by atoms with E-state index >= 15 is 0 Å². The maximum atomic E-state index is 13.6. The Morgan fingerprint density at radius 3 is 2.26 bits per heavy atom. The summed E-state index contributed by atoms with van der Waals surface area (Å²) in [6.07, 6.45) is 6.51. The van der Waals surface area contributed by atoms with E-state index in [1.165, 1.54) is 49.0 Å². The zero-order valence-corrected chi connectivity index (χ0v) is 22.8. The van der Waals surface area contributed by atoms with E-state index in [2.05, 4.69) is 78.0 Å². The molecule has 6 rings (SSSR count). The summed E-state index contributed by atoms with van der Waals surface area (Å²) in [5, 5.41) is 9.03. The van der Waals surface area contributed by atoms with Crippen molar-refractivity contribution in [3.8, 4) is 0 Å². The van der Waals surface area contributed by atoms with Crippen LogP contribution in [0.15, 0.2) is 60.9 Å². The minimum atomic E-state index is -2.50. The minimum Gasteiger partial charge on any atom is -0.312 e. The number of piperidine rings is 1. The molecule has 2 aromatic carbocycles. The molecule has 1 aromatic heterocycles. The maximum Gasteiger partial charge on any atom is 0.250 e. The predicted molar refractivity (Wildman–Crippen MR) is 149 cm³/mol. The maximum absolute atomic E-state index is 13.6. The molecule has 2 atom stereocenters. The zero-order valence-electron chi connectivity index (χ0n) is 22.8. The molecule has 39 heavy (non-hydrogen) atoms. The normalized spacial score (nSPS) is 23.4. The van der Waals surface area contributed by atoms with E-state index in [4.69, 9.17) is 0 Å². The van der Waals surface area contributed by atoms with Gasteiger partial charge in [0.1, 0.15) is 6.33 Å². The first-order chi connectivity index (χ1) is 19.0. The number of nitrogens with zero attached hydrogens (tertiary/aromatic N) is 6. The molecule has 6 nitrogen and oxygen atoms in total. The number of aromatic nitrogens is 3. The average Bonchev–Trinajstić information content (AvgIpc) is 3.73. The van der Waals surface area contributed by atoms with E-state index in [-0.39, 0.29) is 18.9 Å². The minimum absolute atomic E-state index is 0.0370. The Hall–Kier alpha value is -2.68. The lowest BCUT2D eigenvalue weighted by molar-refractivity contribution is -0.0566. The average molecular weight is 535 g/mol. The van der Waals surface area contributed by atoms with E-state index in [0.717, 1.165) is 38.4 Å². The van der Waals surface area contributed by atoms with Crippen LogP contribution >= 0.6 is 0 Å². The molecule has 4 heterocycles. The summed E-state index contributed by atoms with van der Waals surface area (Å²) < 4.78 is 29.3. The van der Waals surface area contributed by atoms with Crippen molar-refractivity contribution < 1.29 is 8.78 Å². The first-order valence-electron chi connectivity index (χ1n) is 14.6. The third-order valence-corrected chi connectivity index (χ3v) is 8.88. The van der Waals surface area contributed by atoms with E-state index in [1.54, 1.807) is 0 Å². The van der Waals surface area contributed by atoms with E-state index in [9.17, 15) is 8.78 Å². The molecule has 3 aromatic rings. The van der Waals surface area contributed by atoms with E-state index in [0.29, 0.717) is 19.1 Å². The van der Waals surface area contributed by atoms with Crippen LogP contribution in [-0.2, 0) is 19.5 Å². The lowest BCUT2D eigenvalue weighted by Gasteiger charge is -2.31. The van der Waals surface area contributed by atoms with Gasteiger partial charge in [0, 0.05) is 51.6 Å². The van der Waals surface area contributed by atoms with Crippen molar-refractivity contribution in [3.63, 3.8) is 0 Å². The first kappa shape index (κ1) is 26.5. The van der Waals surface area contributed by atoms with Gasteiger partial charge in [0.15, 0.2) is 5.82 Å². The molecule has 3 fully saturated rings. The van der Waals surface area contributed by atoms with Crippen molar-refractivity contribution in [1.82, 2.24) is 29.5 Å². The van der Waals surface area contributed by atoms with Gasteiger partial charge in [-0.25, -0.2) is 8.78 Å². The summed E-state index contributed by atoms with van der Waals surface area (Å²) in [5.74, 6) is -1.47. The summed E-state index contributed by atoms with van der Waals surface area (Å²) >= 11 is 0. The highest BCUT2D eigenvalue weighted by molar-refractivity contribution is 5.25. The number of halogens is 2. The smallest absolute Gasteiger partial charge is 0.250 e. The van der Waals surface area contributed by atoms with Crippen molar-refractivity contribution in [1.29, 1.82) is 0 Å². The summed E-state index contributed by atoms with van der Waals surface area (Å²) in [5.41, 5.74) is 3.70. The summed E-state index contributed by atoms with van der Waals surface area (Å²) in [4.78, 5) is 7.44. The molecule has 0 N–H and O–H groups in total. The van der Waals surface area contributed by atoms with Gasteiger partial charge < -0.3 is 4.57 Å². The topological polar surface area (TPSA) is 40.4 Å². The molecule has 0 radical (unpaired) electrons. The van der Waals surface area contributed by atoms with Gasteiger partial charge in [0.2, 0.25) is 0 Å². The summed E-state index contributed by atoms with van der Waals surface area (Å²) in [6.45, 7) is 7.00. The van der Waals surface area contributed by atoms with Gasteiger partial charge in [-0.2, -0.15) is 0 Å². The van der Waals surface area contributed by atoms with Crippen LogP contribution in [0, 0.1) is 0 Å². The largest absolute Gasteiger partial charge is 0.312 e.